The highest BCUT2D eigenvalue weighted by molar-refractivity contribution is 6.30. The van der Waals surface area contributed by atoms with Gasteiger partial charge in [-0.05, 0) is 23.8 Å². The van der Waals surface area contributed by atoms with Gasteiger partial charge in [0.1, 0.15) is 5.82 Å². The fourth-order valence-corrected chi connectivity index (χ4v) is 3.62. The lowest BCUT2D eigenvalue weighted by atomic mass is 9.95. The van der Waals surface area contributed by atoms with Crippen molar-refractivity contribution in [3.63, 3.8) is 0 Å². The Bertz CT molecular complexity index is 898. The van der Waals surface area contributed by atoms with E-state index in [1.165, 1.54) is 17.7 Å². The molecule has 2 atom stereocenters. The van der Waals surface area contributed by atoms with Gasteiger partial charge in [-0.2, -0.15) is 0 Å². The van der Waals surface area contributed by atoms with Gasteiger partial charge in [-0.1, -0.05) is 47.1 Å². The molecule has 1 aliphatic heterocycles. The zero-order valence-corrected chi connectivity index (χ0v) is 14.9. The molecule has 26 heavy (non-hydrogen) atoms. The second kappa shape index (κ2) is 7.15. The maximum atomic E-state index is 13.3. The highest BCUT2D eigenvalue weighted by Gasteiger charge is 2.31. The predicted molar refractivity (Wildman–Crippen MR) is 98.8 cm³/mol. The number of nitrogens with two attached hydrogens (primary N) is 1. The average molecular weight is 372 g/mol. The molecule has 4 rings (SSSR count). The van der Waals surface area contributed by atoms with E-state index in [1.54, 1.807) is 10.7 Å². The molecule has 1 aliphatic rings. The van der Waals surface area contributed by atoms with Gasteiger partial charge in [-0.25, -0.2) is 9.07 Å². The van der Waals surface area contributed by atoms with Gasteiger partial charge in [-0.3, -0.25) is 4.90 Å². The summed E-state index contributed by atoms with van der Waals surface area (Å²) in [5.41, 5.74) is 9.14. The zero-order chi connectivity index (χ0) is 18.1. The minimum atomic E-state index is -0.450. The number of nitrogens with zero attached hydrogens (tertiary/aromatic N) is 4. The van der Waals surface area contributed by atoms with Gasteiger partial charge in [-0.15, -0.1) is 5.10 Å². The van der Waals surface area contributed by atoms with Crippen molar-refractivity contribution in [2.75, 3.05) is 13.1 Å². The van der Waals surface area contributed by atoms with Crippen LogP contribution in [-0.4, -0.2) is 39.0 Å². The molecule has 2 heterocycles. The molecule has 0 unspecified atom stereocenters. The molecule has 0 saturated carbocycles. The Kier molecular flexibility index (Phi) is 4.72. The standard InChI is InChI=1S/C19H19ClFN5/c20-17-8-15(6-7-18(17)21)26-10-14(23-24-26)9-25-11-16(19(22)12-25)13-4-2-1-3-5-13/h1-8,10,16,19H,9,11-12,22H2/t16-,19+/m0/s1. The summed E-state index contributed by atoms with van der Waals surface area (Å²) in [5.74, 6) is -0.129. The first kappa shape index (κ1) is 17.1. The minimum absolute atomic E-state index is 0.0655. The van der Waals surface area contributed by atoms with Crippen LogP contribution in [0.3, 0.4) is 0 Å². The quantitative estimate of drug-likeness (QED) is 0.766. The summed E-state index contributed by atoms with van der Waals surface area (Å²) in [6.07, 6.45) is 1.84. The summed E-state index contributed by atoms with van der Waals surface area (Å²) < 4.78 is 14.9. The van der Waals surface area contributed by atoms with Crippen molar-refractivity contribution in [2.24, 2.45) is 5.73 Å². The van der Waals surface area contributed by atoms with Crippen LogP contribution < -0.4 is 5.73 Å². The molecule has 1 aromatic heterocycles. The second-order valence-corrected chi connectivity index (χ2v) is 7.04. The van der Waals surface area contributed by atoms with E-state index in [0.717, 1.165) is 18.8 Å². The Labute approximate surface area is 156 Å². The first-order chi connectivity index (χ1) is 12.6. The molecule has 0 bridgehead atoms. The molecule has 0 radical (unpaired) electrons. The van der Waals surface area contributed by atoms with Crippen molar-refractivity contribution >= 4 is 11.6 Å². The Balaban J connectivity index is 1.45. The van der Waals surface area contributed by atoms with Crippen molar-refractivity contribution in [2.45, 2.75) is 18.5 Å². The highest BCUT2D eigenvalue weighted by Crippen LogP contribution is 2.27. The molecule has 2 aromatic carbocycles. The summed E-state index contributed by atoms with van der Waals surface area (Å²) in [6.45, 7) is 2.38. The summed E-state index contributed by atoms with van der Waals surface area (Å²) >= 11 is 5.84. The Morgan fingerprint density at radius 2 is 1.96 bits per heavy atom. The monoisotopic (exact) mass is 371 g/mol. The van der Waals surface area contributed by atoms with Crippen molar-refractivity contribution in [1.29, 1.82) is 0 Å². The van der Waals surface area contributed by atoms with E-state index in [1.807, 2.05) is 24.4 Å². The van der Waals surface area contributed by atoms with Gasteiger partial charge in [0.05, 0.1) is 22.6 Å². The molecule has 2 N–H and O–H groups in total. The lowest BCUT2D eigenvalue weighted by molar-refractivity contribution is 0.319. The van der Waals surface area contributed by atoms with E-state index in [2.05, 4.69) is 27.3 Å². The summed E-state index contributed by atoms with van der Waals surface area (Å²) in [4.78, 5) is 2.29. The normalized spacial score (nSPS) is 20.6. The minimum Gasteiger partial charge on any atom is -0.326 e. The number of rotatable bonds is 4. The SMILES string of the molecule is N[C@@H]1CN(Cc2cn(-c3ccc(F)c(Cl)c3)nn2)C[C@H]1c1ccccc1. The van der Waals surface area contributed by atoms with Crippen molar-refractivity contribution in [3.8, 4) is 5.69 Å². The molecule has 0 spiro atoms. The first-order valence-corrected chi connectivity index (χ1v) is 8.87. The number of aromatic nitrogens is 3. The average Bonchev–Trinajstić information content (AvgIpc) is 3.25. The van der Waals surface area contributed by atoms with Crippen LogP contribution in [0, 0.1) is 5.82 Å². The molecule has 1 saturated heterocycles. The molecule has 7 heteroatoms. The van der Waals surface area contributed by atoms with Crippen molar-refractivity contribution in [1.82, 2.24) is 19.9 Å². The second-order valence-electron chi connectivity index (χ2n) is 6.63. The zero-order valence-electron chi connectivity index (χ0n) is 14.1. The number of likely N-dealkylation sites (tertiary alicyclic amines) is 1. The fraction of sp³-hybridized carbons (Fsp3) is 0.263. The maximum absolute atomic E-state index is 13.3. The van der Waals surface area contributed by atoms with Crippen LogP contribution in [-0.2, 0) is 6.54 Å². The number of hydrogen-bond donors (Lipinski definition) is 1. The van der Waals surface area contributed by atoms with Crippen LogP contribution in [0.25, 0.3) is 5.69 Å². The number of benzene rings is 2. The first-order valence-electron chi connectivity index (χ1n) is 8.49. The lowest BCUT2D eigenvalue weighted by Crippen LogP contribution is -2.28. The Hall–Kier alpha value is -2.28. The van der Waals surface area contributed by atoms with Crippen LogP contribution in [0.4, 0.5) is 4.39 Å². The topological polar surface area (TPSA) is 60.0 Å². The third-order valence-corrected chi connectivity index (χ3v) is 5.05. The molecule has 134 valence electrons. The largest absolute Gasteiger partial charge is 0.326 e. The third-order valence-electron chi connectivity index (χ3n) is 4.76. The maximum Gasteiger partial charge on any atom is 0.141 e. The van der Waals surface area contributed by atoms with Crippen LogP contribution in [0.5, 0.6) is 0 Å². The van der Waals surface area contributed by atoms with Gasteiger partial charge in [0.2, 0.25) is 0 Å². The number of halogens is 2. The van der Waals surface area contributed by atoms with Crippen molar-refractivity contribution in [3.05, 3.63) is 76.8 Å². The van der Waals surface area contributed by atoms with Gasteiger partial charge < -0.3 is 5.73 Å². The fourth-order valence-electron chi connectivity index (χ4n) is 3.45. The van der Waals surface area contributed by atoms with Gasteiger partial charge in [0.25, 0.3) is 0 Å². The molecular weight excluding hydrogens is 353 g/mol. The van der Waals surface area contributed by atoms with E-state index in [4.69, 9.17) is 17.3 Å². The van der Waals surface area contributed by atoms with E-state index in [0.29, 0.717) is 18.2 Å². The highest BCUT2D eigenvalue weighted by atomic mass is 35.5. The van der Waals surface area contributed by atoms with Crippen LogP contribution in [0.2, 0.25) is 5.02 Å². The predicted octanol–water partition coefficient (Wildman–Crippen LogP) is 2.99. The molecule has 0 amide bonds. The van der Waals surface area contributed by atoms with E-state index in [9.17, 15) is 4.39 Å². The Morgan fingerprint density at radius 3 is 2.73 bits per heavy atom. The van der Waals surface area contributed by atoms with E-state index >= 15 is 0 Å². The van der Waals surface area contributed by atoms with E-state index in [-0.39, 0.29) is 11.1 Å². The summed E-state index contributed by atoms with van der Waals surface area (Å²) in [7, 11) is 0. The molecule has 0 aliphatic carbocycles. The molecule has 1 fully saturated rings. The molecule has 5 nitrogen and oxygen atoms in total. The van der Waals surface area contributed by atoms with E-state index < -0.39 is 5.82 Å². The smallest absolute Gasteiger partial charge is 0.141 e. The third kappa shape index (κ3) is 3.49. The van der Waals surface area contributed by atoms with Gasteiger partial charge in [0, 0.05) is 31.6 Å². The molecular formula is C19H19ClFN5. The van der Waals surface area contributed by atoms with Gasteiger partial charge >= 0.3 is 0 Å². The summed E-state index contributed by atoms with van der Waals surface area (Å²) in [5, 5.41) is 8.41. The van der Waals surface area contributed by atoms with Crippen LogP contribution in [0.1, 0.15) is 17.2 Å². The van der Waals surface area contributed by atoms with Crippen LogP contribution in [0.15, 0.2) is 54.7 Å². The Morgan fingerprint density at radius 1 is 1.15 bits per heavy atom. The number of hydrogen-bond acceptors (Lipinski definition) is 4. The lowest BCUT2D eigenvalue weighted by Gasteiger charge is -2.14. The summed E-state index contributed by atoms with van der Waals surface area (Å²) in [6, 6.07) is 14.9. The van der Waals surface area contributed by atoms with Gasteiger partial charge in [0.15, 0.2) is 0 Å². The molecule has 3 aromatic rings. The van der Waals surface area contributed by atoms with Crippen LogP contribution >= 0.6 is 11.6 Å². The van der Waals surface area contributed by atoms with Crippen molar-refractivity contribution < 1.29 is 4.39 Å².